The molecule has 3 nitrogen and oxygen atoms in total. The molecule has 0 radical (unpaired) electrons. The van der Waals surface area contributed by atoms with E-state index in [1.54, 1.807) is 18.5 Å². The Kier molecular flexibility index (Phi) is 4.86. The molecular weight excluding hydrogens is 267 g/mol. The normalized spacial score (nSPS) is 15.4. The van der Waals surface area contributed by atoms with Gasteiger partial charge in [0.05, 0.1) is 0 Å². The van der Waals surface area contributed by atoms with Crippen LogP contribution in [0, 0.1) is 0 Å². The number of anilines is 1. The van der Waals surface area contributed by atoms with Crippen LogP contribution in [0.25, 0.3) is 0 Å². The smallest absolute Gasteiger partial charge is 0.362 e. The van der Waals surface area contributed by atoms with Gasteiger partial charge in [-0.1, -0.05) is 6.92 Å². The van der Waals surface area contributed by atoms with Gasteiger partial charge in [-0.25, -0.2) is 0 Å². The quantitative estimate of drug-likeness (QED) is 0.835. The Hall–Kier alpha value is -1.30. The molecule has 0 unspecified atom stereocenters. The Balaban J connectivity index is 2.12. The minimum atomic E-state index is -4.19. The number of pyridine rings is 1. The number of halogens is 3. The van der Waals surface area contributed by atoms with Crippen LogP contribution in [0.15, 0.2) is 18.5 Å². The third kappa shape index (κ3) is 4.67. The molecule has 1 saturated carbocycles. The van der Waals surface area contributed by atoms with Crippen molar-refractivity contribution >= 4 is 5.69 Å². The Morgan fingerprint density at radius 2 is 2.15 bits per heavy atom. The minimum Gasteiger partial charge on any atom is -0.362 e. The lowest BCUT2D eigenvalue weighted by atomic mass is 10.2. The van der Waals surface area contributed by atoms with E-state index in [9.17, 15) is 13.2 Å². The Morgan fingerprint density at radius 1 is 1.40 bits per heavy atom. The third-order valence-electron chi connectivity index (χ3n) is 3.24. The SMILES string of the molecule is CCCN(CC(F)(F)F)c1ccncc1CNC1CC1. The highest BCUT2D eigenvalue weighted by atomic mass is 19.4. The monoisotopic (exact) mass is 287 g/mol. The molecule has 1 aromatic heterocycles. The molecule has 1 heterocycles. The summed E-state index contributed by atoms with van der Waals surface area (Å²) in [6.45, 7) is 1.93. The van der Waals surface area contributed by atoms with Crippen LogP contribution in [-0.2, 0) is 6.54 Å². The Morgan fingerprint density at radius 3 is 2.75 bits per heavy atom. The fourth-order valence-electron chi connectivity index (χ4n) is 2.18. The van der Waals surface area contributed by atoms with E-state index in [4.69, 9.17) is 0 Å². The van der Waals surface area contributed by atoms with Crippen LogP contribution in [-0.4, -0.2) is 30.3 Å². The lowest BCUT2D eigenvalue weighted by molar-refractivity contribution is -0.119. The largest absolute Gasteiger partial charge is 0.405 e. The van der Waals surface area contributed by atoms with Crippen molar-refractivity contribution in [2.45, 2.75) is 44.9 Å². The van der Waals surface area contributed by atoms with Crippen LogP contribution < -0.4 is 10.2 Å². The van der Waals surface area contributed by atoms with Gasteiger partial charge in [0.1, 0.15) is 6.54 Å². The predicted octanol–water partition coefficient (Wildman–Crippen LogP) is 3.11. The van der Waals surface area contributed by atoms with E-state index < -0.39 is 12.7 Å². The average Bonchev–Trinajstić information content (AvgIpc) is 3.19. The van der Waals surface area contributed by atoms with Gasteiger partial charge in [0.2, 0.25) is 0 Å². The molecule has 0 spiro atoms. The Labute approximate surface area is 117 Å². The van der Waals surface area contributed by atoms with Gasteiger partial charge in [-0.2, -0.15) is 13.2 Å². The van der Waals surface area contributed by atoms with Crippen LogP contribution in [0.3, 0.4) is 0 Å². The van der Waals surface area contributed by atoms with Crippen LogP contribution in [0.4, 0.5) is 18.9 Å². The summed E-state index contributed by atoms with van der Waals surface area (Å²) < 4.78 is 38.1. The molecule has 1 fully saturated rings. The molecule has 0 amide bonds. The molecule has 0 aliphatic heterocycles. The second-order valence-corrected chi connectivity index (χ2v) is 5.20. The maximum Gasteiger partial charge on any atom is 0.405 e. The van der Waals surface area contributed by atoms with Gasteiger partial charge < -0.3 is 10.2 Å². The van der Waals surface area contributed by atoms with Crippen molar-refractivity contribution in [3.8, 4) is 0 Å². The molecule has 0 saturated heterocycles. The lowest BCUT2D eigenvalue weighted by Gasteiger charge is -2.27. The summed E-state index contributed by atoms with van der Waals surface area (Å²) in [5.74, 6) is 0. The van der Waals surface area contributed by atoms with Crippen molar-refractivity contribution < 1.29 is 13.2 Å². The Bertz CT molecular complexity index is 430. The van der Waals surface area contributed by atoms with Crippen LogP contribution in [0.1, 0.15) is 31.7 Å². The van der Waals surface area contributed by atoms with E-state index in [1.165, 1.54) is 4.90 Å². The fraction of sp³-hybridized carbons (Fsp3) is 0.643. The van der Waals surface area contributed by atoms with E-state index in [1.807, 2.05) is 6.92 Å². The van der Waals surface area contributed by atoms with Crippen molar-refractivity contribution in [2.24, 2.45) is 0 Å². The first kappa shape index (κ1) is 15.1. The highest BCUT2D eigenvalue weighted by molar-refractivity contribution is 5.52. The summed E-state index contributed by atoms with van der Waals surface area (Å²) in [6.07, 6.45) is 1.99. The summed E-state index contributed by atoms with van der Waals surface area (Å²) in [7, 11) is 0. The first-order chi connectivity index (χ1) is 9.49. The summed E-state index contributed by atoms with van der Waals surface area (Å²) in [4.78, 5) is 5.43. The maximum atomic E-state index is 12.7. The van der Waals surface area contributed by atoms with Gasteiger partial charge in [-0.3, -0.25) is 4.98 Å². The molecule has 0 bridgehead atoms. The zero-order chi connectivity index (χ0) is 14.6. The first-order valence-corrected chi connectivity index (χ1v) is 6.97. The number of rotatable bonds is 7. The van der Waals surface area contributed by atoms with Crippen molar-refractivity contribution in [3.05, 3.63) is 24.0 Å². The van der Waals surface area contributed by atoms with Crippen molar-refractivity contribution in [1.29, 1.82) is 0 Å². The van der Waals surface area contributed by atoms with Gasteiger partial charge in [-0.05, 0) is 25.3 Å². The molecule has 2 rings (SSSR count). The summed E-state index contributed by atoms with van der Waals surface area (Å²) in [5, 5.41) is 3.33. The van der Waals surface area contributed by atoms with Crippen molar-refractivity contribution in [2.75, 3.05) is 18.0 Å². The summed E-state index contributed by atoms with van der Waals surface area (Å²) >= 11 is 0. The minimum absolute atomic E-state index is 0.389. The number of aromatic nitrogens is 1. The van der Waals surface area contributed by atoms with Crippen LogP contribution in [0.2, 0.25) is 0 Å². The van der Waals surface area contributed by atoms with Gasteiger partial charge in [-0.15, -0.1) is 0 Å². The van der Waals surface area contributed by atoms with Gasteiger partial charge in [0.25, 0.3) is 0 Å². The van der Waals surface area contributed by atoms with Gasteiger partial charge in [0, 0.05) is 42.8 Å². The number of alkyl halides is 3. The molecule has 0 atom stereocenters. The highest BCUT2D eigenvalue weighted by Gasteiger charge is 2.31. The molecule has 112 valence electrons. The number of hydrogen-bond acceptors (Lipinski definition) is 3. The van der Waals surface area contributed by atoms with E-state index >= 15 is 0 Å². The fourth-order valence-corrected chi connectivity index (χ4v) is 2.18. The topological polar surface area (TPSA) is 28.2 Å². The number of nitrogens with zero attached hydrogens (tertiary/aromatic N) is 2. The molecular formula is C14H20F3N3. The molecule has 1 aliphatic rings. The molecule has 1 aliphatic carbocycles. The average molecular weight is 287 g/mol. The molecule has 1 N–H and O–H groups in total. The molecule has 20 heavy (non-hydrogen) atoms. The second-order valence-electron chi connectivity index (χ2n) is 5.20. The second kappa shape index (κ2) is 6.43. The van der Waals surface area contributed by atoms with Crippen LogP contribution in [0.5, 0.6) is 0 Å². The maximum absolute atomic E-state index is 12.7. The van der Waals surface area contributed by atoms with Gasteiger partial charge >= 0.3 is 6.18 Å². The number of nitrogens with one attached hydrogen (secondary N) is 1. The third-order valence-corrected chi connectivity index (χ3v) is 3.24. The highest BCUT2D eigenvalue weighted by Crippen LogP contribution is 2.26. The zero-order valence-corrected chi connectivity index (χ0v) is 11.6. The van der Waals surface area contributed by atoms with Crippen LogP contribution >= 0.6 is 0 Å². The predicted molar refractivity (Wildman–Crippen MR) is 72.7 cm³/mol. The van der Waals surface area contributed by atoms with Crippen molar-refractivity contribution in [3.63, 3.8) is 0 Å². The summed E-state index contributed by atoms with van der Waals surface area (Å²) in [6, 6.07) is 2.19. The first-order valence-electron chi connectivity index (χ1n) is 6.97. The zero-order valence-electron chi connectivity index (χ0n) is 11.6. The molecule has 1 aromatic rings. The van der Waals surface area contributed by atoms with Crippen molar-refractivity contribution in [1.82, 2.24) is 10.3 Å². The van der Waals surface area contributed by atoms with Gasteiger partial charge in [0.15, 0.2) is 0 Å². The lowest BCUT2D eigenvalue weighted by Crippen LogP contribution is -2.35. The number of hydrogen-bond donors (Lipinski definition) is 1. The molecule has 6 heteroatoms. The van der Waals surface area contributed by atoms with E-state index in [2.05, 4.69) is 10.3 Å². The standard InChI is InChI=1S/C14H20F3N3/c1-2-7-20(10-14(15,16)17)13-5-6-18-8-11(13)9-19-12-3-4-12/h5-6,8,12,19H,2-4,7,9-10H2,1H3. The summed E-state index contributed by atoms with van der Waals surface area (Å²) in [5.41, 5.74) is 1.46. The molecule has 0 aromatic carbocycles. The van der Waals surface area contributed by atoms with E-state index in [0.29, 0.717) is 31.2 Å². The van der Waals surface area contributed by atoms with E-state index in [-0.39, 0.29) is 0 Å². The van der Waals surface area contributed by atoms with E-state index in [0.717, 1.165) is 18.4 Å².